The normalized spacial score (nSPS) is 23.0. The molecule has 2 atom stereocenters. The number of aliphatic hydroxyl groups excluding tert-OH is 1. The van der Waals surface area contributed by atoms with Gasteiger partial charge in [-0.3, -0.25) is 0 Å². The van der Waals surface area contributed by atoms with Gasteiger partial charge in [-0.1, -0.05) is 39.5 Å². The Labute approximate surface area is 108 Å². The molecule has 1 aliphatic carbocycles. The van der Waals surface area contributed by atoms with Crippen LogP contribution >= 0.6 is 0 Å². The smallest absolute Gasteiger partial charge is 0.384 e. The minimum absolute atomic E-state index is 0.0633. The minimum atomic E-state index is -4.47. The Balaban J connectivity index is 2.19. The van der Waals surface area contributed by atoms with Crippen LogP contribution < -0.4 is 0 Å². The summed E-state index contributed by atoms with van der Waals surface area (Å²) in [4.78, 5) is 0. The maximum atomic E-state index is 12.2. The molecule has 0 aliphatic heterocycles. The third kappa shape index (κ3) is 5.17. The summed E-state index contributed by atoms with van der Waals surface area (Å²) in [6.07, 6.45) is 1.17. The lowest BCUT2D eigenvalue weighted by Gasteiger charge is -2.24. The molecule has 2 unspecified atom stereocenters. The molecule has 1 N–H and O–H groups in total. The van der Waals surface area contributed by atoms with Crippen molar-refractivity contribution in [3.8, 4) is 0 Å². The molecule has 0 aromatic carbocycles. The highest BCUT2D eigenvalue weighted by atomic mass is 19.4. The summed E-state index contributed by atoms with van der Waals surface area (Å²) in [6.45, 7) is 4.08. The van der Waals surface area contributed by atoms with Gasteiger partial charge in [-0.2, -0.15) is 13.2 Å². The van der Waals surface area contributed by atoms with Crippen LogP contribution in [0.5, 0.6) is 0 Å². The zero-order valence-corrected chi connectivity index (χ0v) is 11.4. The largest absolute Gasteiger partial charge is 0.414 e. The average Bonchev–Trinajstić information content (AvgIpc) is 2.63. The predicted molar refractivity (Wildman–Crippen MR) is 66.3 cm³/mol. The van der Waals surface area contributed by atoms with E-state index in [9.17, 15) is 13.2 Å². The maximum absolute atomic E-state index is 12.2. The van der Waals surface area contributed by atoms with Gasteiger partial charge < -0.3 is 5.11 Å². The van der Waals surface area contributed by atoms with Gasteiger partial charge in [-0.25, -0.2) is 0 Å². The van der Waals surface area contributed by atoms with Gasteiger partial charge in [-0.05, 0) is 37.0 Å². The van der Waals surface area contributed by atoms with E-state index in [-0.39, 0.29) is 12.3 Å². The molecule has 0 aromatic rings. The molecule has 0 spiro atoms. The Morgan fingerprint density at radius 2 is 1.78 bits per heavy atom. The van der Waals surface area contributed by atoms with Crippen LogP contribution in [0.1, 0.15) is 65.2 Å². The van der Waals surface area contributed by atoms with E-state index >= 15 is 0 Å². The number of rotatable bonds is 6. The molecular weight excluding hydrogens is 241 g/mol. The molecule has 0 amide bonds. The Morgan fingerprint density at radius 3 is 2.28 bits per heavy atom. The number of alkyl halides is 3. The Hall–Kier alpha value is -0.250. The molecule has 1 saturated carbocycles. The van der Waals surface area contributed by atoms with Gasteiger partial charge in [0.15, 0.2) is 0 Å². The van der Waals surface area contributed by atoms with Crippen molar-refractivity contribution in [3.63, 3.8) is 0 Å². The Kier molecular flexibility index (Phi) is 5.50. The summed E-state index contributed by atoms with van der Waals surface area (Å²) in [5.41, 5.74) is 0.419. The van der Waals surface area contributed by atoms with Crippen LogP contribution in [0.15, 0.2) is 0 Å². The van der Waals surface area contributed by atoms with Gasteiger partial charge >= 0.3 is 6.18 Å². The lowest BCUT2D eigenvalue weighted by Crippen LogP contribution is -2.30. The van der Waals surface area contributed by atoms with E-state index in [1.165, 1.54) is 25.7 Å². The first-order valence-electron chi connectivity index (χ1n) is 6.98. The highest BCUT2D eigenvalue weighted by molar-refractivity contribution is 4.80. The molecule has 18 heavy (non-hydrogen) atoms. The molecule has 1 fully saturated rings. The molecule has 1 aliphatic rings. The Bertz CT molecular complexity index is 244. The minimum Gasteiger partial charge on any atom is -0.384 e. The van der Waals surface area contributed by atoms with Crippen LogP contribution in [0.3, 0.4) is 0 Å². The van der Waals surface area contributed by atoms with Gasteiger partial charge in [0.1, 0.15) is 6.10 Å². The highest BCUT2D eigenvalue weighted by Crippen LogP contribution is 2.42. The number of halogens is 3. The van der Waals surface area contributed by atoms with Crippen molar-refractivity contribution in [1.29, 1.82) is 0 Å². The molecule has 0 saturated heterocycles. The van der Waals surface area contributed by atoms with Gasteiger partial charge in [0.2, 0.25) is 0 Å². The van der Waals surface area contributed by atoms with Crippen LogP contribution in [0.4, 0.5) is 13.2 Å². The van der Waals surface area contributed by atoms with E-state index in [1.54, 1.807) is 6.92 Å². The molecule has 1 nitrogen and oxygen atoms in total. The van der Waals surface area contributed by atoms with Crippen LogP contribution in [0.2, 0.25) is 0 Å². The molecule has 0 aromatic heterocycles. The van der Waals surface area contributed by atoms with E-state index in [0.29, 0.717) is 5.41 Å². The molecule has 0 bridgehead atoms. The van der Waals surface area contributed by atoms with E-state index in [1.807, 2.05) is 0 Å². The standard InChI is InChI=1S/C14H25F3O/c1-11(10-12(18)14(15,16)17)6-5-9-13(2)7-3-4-8-13/h11-12,18H,3-10H2,1-2H3. The van der Waals surface area contributed by atoms with Crippen molar-refractivity contribution in [1.82, 2.24) is 0 Å². The fraction of sp³-hybridized carbons (Fsp3) is 1.00. The van der Waals surface area contributed by atoms with Crippen LogP contribution in [-0.4, -0.2) is 17.4 Å². The second-order valence-electron chi connectivity index (χ2n) is 6.31. The van der Waals surface area contributed by atoms with E-state index in [0.717, 1.165) is 19.3 Å². The summed E-state index contributed by atoms with van der Waals surface area (Å²) >= 11 is 0. The lowest BCUT2D eigenvalue weighted by molar-refractivity contribution is -0.208. The SMILES string of the molecule is CC(CCCC1(C)CCCC1)CC(O)C(F)(F)F. The summed E-state index contributed by atoms with van der Waals surface area (Å²) in [6, 6.07) is 0. The molecule has 4 heteroatoms. The van der Waals surface area contributed by atoms with Crippen molar-refractivity contribution in [3.05, 3.63) is 0 Å². The van der Waals surface area contributed by atoms with E-state index in [4.69, 9.17) is 5.11 Å². The zero-order chi connectivity index (χ0) is 13.8. The Morgan fingerprint density at radius 1 is 1.22 bits per heavy atom. The number of hydrogen-bond donors (Lipinski definition) is 1. The first-order valence-corrected chi connectivity index (χ1v) is 6.98. The quantitative estimate of drug-likeness (QED) is 0.739. The van der Waals surface area contributed by atoms with Crippen molar-refractivity contribution in [2.75, 3.05) is 0 Å². The zero-order valence-electron chi connectivity index (χ0n) is 11.4. The van der Waals surface area contributed by atoms with Gasteiger partial charge in [0, 0.05) is 0 Å². The highest BCUT2D eigenvalue weighted by Gasteiger charge is 2.38. The first kappa shape index (κ1) is 15.8. The summed E-state index contributed by atoms with van der Waals surface area (Å²) in [7, 11) is 0. The lowest BCUT2D eigenvalue weighted by atomic mass is 9.82. The number of aliphatic hydroxyl groups is 1. The van der Waals surface area contributed by atoms with Crippen molar-refractivity contribution >= 4 is 0 Å². The summed E-state index contributed by atoms with van der Waals surface area (Å²) < 4.78 is 36.6. The van der Waals surface area contributed by atoms with E-state index in [2.05, 4.69) is 6.92 Å². The molecule has 0 heterocycles. The van der Waals surface area contributed by atoms with Crippen molar-refractivity contribution in [2.45, 2.75) is 77.5 Å². The maximum Gasteiger partial charge on any atom is 0.414 e. The third-order valence-corrected chi connectivity index (χ3v) is 4.29. The van der Waals surface area contributed by atoms with E-state index < -0.39 is 12.3 Å². The molecule has 1 rings (SSSR count). The summed E-state index contributed by atoms with van der Waals surface area (Å²) in [5, 5.41) is 8.99. The van der Waals surface area contributed by atoms with Crippen molar-refractivity contribution < 1.29 is 18.3 Å². The fourth-order valence-electron chi connectivity index (χ4n) is 2.99. The number of hydrogen-bond acceptors (Lipinski definition) is 1. The topological polar surface area (TPSA) is 20.2 Å². The predicted octanol–water partition coefficient (Wildman–Crippen LogP) is 4.69. The molecular formula is C14H25F3O. The van der Waals surface area contributed by atoms with Crippen molar-refractivity contribution in [2.24, 2.45) is 11.3 Å². The second kappa shape index (κ2) is 6.27. The van der Waals surface area contributed by atoms with Crippen LogP contribution in [0, 0.1) is 11.3 Å². The average molecular weight is 266 g/mol. The second-order valence-corrected chi connectivity index (χ2v) is 6.31. The monoisotopic (exact) mass is 266 g/mol. The van der Waals surface area contributed by atoms with Gasteiger partial charge in [0.25, 0.3) is 0 Å². The molecule has 108 valence electrons. The fourth-order valence-corrected chi connectivity index (χ4v) is 2.99. The van der Waals surface area contributed by atoms with Crippen LogP contribution in [0.25, 0.3) is 0 Å². The summed E-state index contributed by atoms with van der Waals surface area (Å²) in [5.74, 6) is -0.0633. The first-order chi connectivity index (χ1) is 8.23. The van der Waals surface area contributed by atoms with Gasteiger partial charge in [0.05, 0.1) is 0 Å². The molecule has 0 radical (unpaired) electrons. The van der Waals surface area contributed by atoms with Gasteiger partial charge in [-0.15, -0.1) is 0 Å². The van der Waals surface area contributed by atoms with Crippen LogP contribution in [-0.2, 0) is 0 Å². The third-order valence-electron chi connectivity index (χ3n) is 4.29.